The number of phenolic OH excluding ortho intramolecular Hbond substituents is 1. The second kappa shape index (κ2) is 10.9. The van der Waals surface area contributed by atoms with E-state index in [0.29, 0.717) is 27.4 Å². The van der Waals surface area contributed by atoms with Gasteiger partial charge >= 0.3 is 6.03 Å². The fourth-order valence-corrected chi connectivity index (χ4v) is 6.17. The van der Waals surface area contributed by atoms with Crippen LogP contribution in [0, 0.1) is 5.82 Å². The molecule has 6 rings (SSSR count). The first-order valence-electron chi connectivity index (χ1n) is 13.2. The molecule has 2 amide bonds. The minimum absolute atomic E-state index is 0.0114. The summed E-state index contributed by atoms with van der Waals surface area (Å²) in [4.78, 5) is 26.8. The number of amides is 2. The minimum Gasteiger partial charge on any atom is -0.507 e. The molecular weight excluding hydrogens is 527 g/mol. The zero-order valence-corrected chi connectivity index (χ0v) is 22.4. The molecule has 1 saturated carbocycles. The summed E-state index contributed by atoms with van der Waals surface area (Å²) in [7, 11) is 0. The van der Waals surface area contributed by atoms with Gasteiger partial charge < -0.3 is 15.7 Å². The maximum absolute atomic E-state index is 13.6. The molecule has 0 radical (unpaired) electrons. The molecule has 2 heterocycles. The lowest BCUT2D eigenvalue weighted by molar-refractivity contribution is 0.103. The molecule has 202 valence electrons. The Hall–Kier alpha value is -4.50. The van der Waals surface area contributed by atoms with Crippen LogP contribution in [0.15, 0.2) is 78.9 Å². The van der Waals surface area contributed by atoms with Gasteiger partial charge in [-0.05, 0) is 72.3 Å². The molecule has 0 atom stereocenters. The van der Waals surface area contributed by atoms with E-state index in [4.69, 9.17) is 0 Å². The Morgan fingerprint density at radius 2 is 1.82 bits per heavy atom. The number of halogens is 1. The standard InChI is InChI=1S/C31H27FN4O3S/c32-22-10-5-6-19(14-22)18-33-31(39)36-26(20-7-1-2-8-20)17-25(35-36)24-16-23(12-13-27(24)37)34-30(38)29-15-21-9-3-4-11-28(21)40-29/h3-6,9-17,20,37H,1-2,7-8,18H2,(H,33,39)(H,34,38). The van der Waals surface area contributed by atoms with E-state index >= 15 is 0 Å². The van der Waals surface area contributed by atoms with Crippen LogP contribution in [0.25, 0.3) is 21.3 Å². The van der Waals surface area contributed by atoms with Gasteiger partial charge in [-0.25, -0.2) is 9.18 Å². The van der Waals surface area contributed by atoms with Crippen molar-refractivity contribution in [2.75, 3.05) is 5.32 Å². The van der Waals surface area contributed by atoms with Gasteiger partial charge in [0.15, 0.2) is 0 Å². The Labute approximate surface area is 234 Å². The second-order valence-electron chi connectivity index (χ2n) is 9.97. The van der Waals surface area contributed by atoms with E-state index in [1.165, 1.54) is 34.2 Å². The highest BCUT2D eigenvalue weighted by Crippen LogP contribution is 2.38. The number of rotatable bonds is 6. The molecule has 3 aromatic carbocycles. The van der Waals surface area contributed by atoms with E-state index in [2.05, 4.69) is 15.7 Å². The molecule has 1 aliphatic rings. The Morgan fingerprint density at radius 3 is 2.62 bits per heavy atom. The molecule has 1 aliphatic carbocycles. The number of nitrogens with one attached hydrogen (secondary N) is 2. The first-order chi connectivity index (χ1) is 19.4. The largest absolute Gasteiger partial charge is 0.507 e. The van der Waals surface area contributed by atoms with Crippen molar-refractivity contribution < 1.29 is 19.1 Å². The van der Waals surface area contributed by atoms with Gasteiger partial charge in [0.2, 0.25) is 0 Å². The molecular formula is C31H27FN4O3S. The summed E-state index contributed by atoms with van der Waals surface area (Å²) in [5.74, 6) is -0.455. The molecule has 3 N–H and O–H groups in total. The van der Waals surface area contributed by atoms with Crippen molar-refractivity contribution in [3.63, 3.8) is 0 Å². The molecule has 0 unspecified atom stereocenters. The highest BCUT2D eigenvalue weighted by atomic mass is 32.1. The van der Waals surface area contributed by atoms with Crippen molar-refractivity contribution in [2.24, 2.45) is 0 Å². The summed E-state index contributed by atoms with van der Waals surface area (Å²) >= 11 is 1.41. The fraction of sp³-hybridized carbons (Fsp3) is 0.194. The van der Waals surface area contributed by atoms with E-state index in [1.54, 1.807) is 24.3 Å². The number of thiophene rings is 1. The first-order valence-corrected chi connectivity index (χ1v) is 14.0. The number of fused-ring (bicyclic) bond motifs is 1. The average molecular weight is 555 g/mol. The number of hydrogen-bond donors (Lipinski definition) is 3. The van der Waals surface area contributed by atoms with E-state index < -0.39 is 6.03 Å². The number of aromatic nitrogens is 2. The molecule has 1 fully saturated rings. The maximum Gasteiger partial charge on any atom is 0.342 e. The molecule has 0 saturated heterocycles. The number of phenols is 1. The number of aromatic hydroxyl groups is 1. The van der Waals surface area contributed by atoms with Gasteiger partial charge in [-0.2, -0.15) is 9.78 Å². The third-order valence-electron chi connectivity index (χ3n) is 7.22. The Balaban J connectivity index is 1.27. The van der Waals surface area contributed by atoms with Crippen molar-refractivity contribution in [1.29, 1.82) is 0 Å². The summed E-state index contributed by atoms with van der Waals surface area (Å²) in [6.45, 7) is 0.153. The lowest BCUT2D eigenvalue weighted by atomic mass is 10.0. The third kappa shape index (κ3) is 5.33. The quantitative estimate of drug-likeness (QED) is 0.192. The monoisotopic (exact) mass is 554 g/mol. The molecule has 9 heteroatoms. The van der Waals surface area contributed by atoms with Crippen molar-refractivity contribution in [2.45, 2.75) is 38.1 Å². The maximum atomic E-state index is 13.6. The van der Waals surface area contributed by atoms with Gasteiger partial charge in [0.05, 0.1) is 16.3 Å². The van der Waals surface area contributed by atoms with Crippen LogP contribution >= 0.6 is 11.3 Å². The van der Waals surface area contributed by atoms with Crippen molar-refractivity contribution in [1.82, 2.24) is 15.1 Å². The van der Waals surface area contributed by atoms with Crippen molar-refractivity contribution in [3.8, 4) is 17.0 Å². The normalized spacial score (nSPS) is 13.5. The second-order valence-corrected chi connectivity index (χ2v) is 11.1. The summed E-state index contributed by atoms with van der Waals surface area (Å²) in [6.07, 6.45) is 4.03. The fourth-order valence-electron chi connectivity index (χ4n) is 5.21. The van der Waals surface area contributed by atoms with Crippen LogP contribution in [-0.2, 0) is 6.54 Å². The van der Waals surface area contributed by atoms with Crippen LogP contribution in [0.2, 0.25) is 0 Å². The molecule has 0 bridgehead atoms. The smallest absolute Gasteiger partial charge is 0.342 e. The zero-order chi connectivity index (χ0) is 27.6. The van der Waals surface area contributed by atoms with Crippen LogP contribution in [-0.4, -0.2) is 26.8 Å². The van der Waals surface area contributed by atoms with Gasteiger partial charge in [-0.15, -0.1) is 11.3 Å². The Kier molecular flexibility index (Phi) is 7.04. The van der Waals surface area contributed by atoms with Crippen LogP contribution in [0.5, 0.6) is 5.75 Å². The summed E-state index contributed by atoms with van der Waals surface area (Å²) in [6, 6.07) is 22.0. The third-order valence-corrected chi connectivity index (χ3v) is 8.33. The predicted octanol–water partition coefficient (Wildman–Crippen LogP) is 7.28. The number of hydrogen-bond acceptors (Lipinski definition) is 5. The zero-order valence-electron chi connectivity index (χ0n) is 21.6. The predicted molar refractivity (Wildman–Crippen MR) is 154 cm³/mol. The molecule has 40 heavy (non-hydrogen) atoms. The van der Waals surface area contributed by atoms with E-state index in [-0.39, 0.29) is 29.9 Å². The van der Waals surface area contributed by atoms with E-state index in [9.17, 15) is 19.1 Å². The van der Waals surface area contributed by atoms with Crippen LogP contribution in [0.4, 0.5) is 14.9 Å². The van der Waals surface area contributed by atoms with E-state index in [1.807, 2.05) is 36.4 Å². The highest BCUT2D eigenvalue weighted by molar-refractivity contribution is 7.20. The van der Waals surface area contributed by atoms with Gasteiger partial charge in [0, 0.05) is 28.4 Å². The topological polar surface area (TPSA) is 96.2 Å². The van der Waals surface area contributed by atoms with Crippen LogP contribution < -0.4 is 10.6 Å². The molecule has 5 aromatic rings. The van der Waals surface area contributed by atoms with Gasteiger partial charge in [-0.1, -0.05) is 43.2 Å². The SMILES string of the molecule is O=C(Nc1ccc(O)c(-c2cc(C3CCCC3)n(C(=O)NCc3cccc(F)c3)n2)c1)c1cc2ccccc2s1. The number of carbonyl (C=O) groups is 2. The lowest BCUT2D eigenvalue weighted by Crippen LogP contribution is -2.30. The summed E-state index contributed by atoms with van der Waals surface area (Å²) in [5.41, 5.74) is 2.75. The van der Waals surface area contributed by atoms with Gasteiger partial charge in [0.1, 0.15) is 11.6 Å². The Morgan fingerprint density at radius 1 is 1.00 bits per heavy atom. The summed E-state index contributed by atoms with van der Waals surface area (Å²) < 4.78 is 16.0. The summed E-state index contributed by atoms with van der Waals surface area (Å²) in [5, 5.41) is 22.1. The average Bonchev–Trinajstić information content (AvgIpc) is 3.72. The molecule has 0 aliphatic heterocycles. The number of nitrogens with zero attached hydrogens (tertiary/aromatic N) is 2. The number of anilines is 1. The highest BCUT2D eigenvalue weighted by Gasteiger charge is 2.26. The molecule has 7 nitrogen and oxygen atoms in total. The molecule has 0 spiro atoms. The lowest BCUT2D eigenvalue weighted by Gasteiger charge is -2.12. The Bertz CT molecular complexity index is 1690. The minimum atomic E-state index is -0.425. The first kappa shape index (κ1) is 25.8. The van der Waals surface area contributed by atoms with Crippen LogP contribution in [0.3, 0.4) is 0 Å². The number of carbonyl (C=O) groups excluding carboxylic acids is 2. The van der Waals surface area contributed by atoms with Crippen molar-refractivity contribution >= 4 is 39.0 Å². The van der Waals surface area contributed by atoms with E-state index in [0.717, 1.165) is 41.5 Å². The number of benzene rings is 3. The van der Waals surface area contributed by atoms with Gasteiger partial charge in [0.25, 0.3) is 5.91 Å². The van der Waals surface area contributed by atoms with Crippen LogP contribution in [0.1, 0.15) is 52.5 Å². The van der Waals surface area contributed by atoms with Crippen molar-refractivity contribution in [3.05, 3.63) is 101 Å². The van der Waals surface area contributed by atoms with Gasteiger partial charge in [-0.3, -0.25) is 4.79 Å². The molecule has 2 aromatic heterocycles.